The summed E-state index contributed by atoms with van der Waals surface area (Å²) in [6.45, 7) is 6.31. The maximum Gasteiger partial charge on any atom is 0.327 e. The number of thioether (sulfide) groups is 1. The minimum atomic E-state index is -0.869. The van der Waals surface area contributed by atoms with E-state index in [9.17, 15) is 14.7 Å². The van der Waals surface area contributed by atoms with Gasteiger partial charge in [0.15, 0.2) is 0 Å². The minimum absolute atomic E-state index is 0.0694. The summed E-state index contributed by atoms with van der Waals surface area (Å²) in [6.07, 6.45) is 2.24. The van der Waals surface area contributed by atoms with Crippen LogP contribution in [-0.2, 0) is 4.79 Å². The van der Waals surface area contributed by atoms with E-state index < -0.39 is 12.0 Å². The minimum Gasteiger partial charge on any atom is -0.480 e. The SMILES string of the molecule is CCN1CCN(C(=O)N2C(C(=O)O)CSC2C2CC2)CC1. The van der Waals surface area contributed by atoms with Crippen LogP contribution in [0.5, 0.6) is 0 Å². The van der Waals surface area contributed by atoms with Gasteiger partial charge in [-0.1, -0.05) is 6.92 Å². The number of rotatable bonds is 3. The maximum absolute atomic E-state index is 12.8. The highest BCUT2D eigenvalue weighted by atomic mass is 32.2. The molecule has 3 rings (SSSR count). The van der Waals surface area contributed by atoms with Gasteiger partial charge in [-0.05, 0) is 25.3 Å². The molecule has 118 valence electrons. The number of carbonyl (C=O) groups excluding carboxylic acids is 1. The Balaban J connectivity index is 1.69. The Labute approximate surface area is 129 Å². The number of carbonyl (C=O) groups is 2. The summed E-state index contributed by atoms with van der Waals surface area (Å²) in [7, 11) is 0. The third-order valence-electron chi connectivity index (χ3n) is 4.66. The lowest BCUT2D eigenvalue weighted by molar-refractivity contribution is -0.141. The third kappa shape index (κ3) is 2.99. The quantitative estimate of drug-likeness (QED) is 0.841. The molecule has 0 aromatic rings. The first-order valence-corrected chi connectivity index (χ1v) is 8.80. The molecule has 2 heterocycles. The number of nitrogens with zero attached hydrogens (tertiary/aromatic N) is 3. The lowest BCUT2D eigenvalue weighted by Gasteiger charge is -2.38. The van der Waals surface area contributed by atoms with E-state index in [1.807, 2.05) is 4.90 Å². The molecule has 3 fully saturated rings. The number of carboxylic acids is 1. The van der Waals surface area contributed by atoms with Crippen LogP contribution in [0.4, 0.5) is 4.79 Å². The summed E-state index contributed by atoms with van der Waals surface area (Å²) in [5, 5.41) is 9.47. The van der Waals surface area contributed by atoms with Gasteiger partial charge in [-0.2, -0.15) is 0 Å². The van der Waals surface area contributed by atoms with Gasteiger partial charge in [0.2, 0.25) is 0 Å². The molecule has 1 aliphatic carbocycles. The van der Waals surface area contributed by atoms with Crippen LogP contribution in [0.25, 0.3) is 0 Å². The fraction of sp³-hybridized carbons (Fsp3) is 0.857. The molecule has 6 nitrogen and oxygen atoms in total. The smallest absolute Gasteiger partial charge is 0.327 e. The second-order valence-corrected chi connectivity index (χ2v) is 7.18. The fourth-order valence-corrected chi connectivity index (χ4v) is 4.75. The molecule has 0 radical (unpaired) electrons. The summed E-state index contributed by atoms with van der Waals surface area (Å²) >= 11 is 1.64. The average molecular weight is 313 g/mol. The molecule has 3 aliphatic rings. The van der Waals surface area contributed by atoms with Crippen molar-refractivity contribution in [2.45, 2.75) is 31.2 Å². The van der Waals surface area contributed by atoms with Crippen LogP contribution < -0.4 is 0 Å². The predicted octanol–water partition coefficient (Wildman–Crippen LogP) is 0.982. The molecule has 2 amide bonds. The number of amides is 2. The first-order chi connectivity index (χ1) is 10.1. The standard InChI is InChI=1S/C14H23N3O3S/c1-2-15-5-7-16(8-6-15)14(20)17-11(13(18)19)9-21-12(17)10-3-4-10/h10-12H,2-9H2,1H3,(H,18,19). The highest BCUT2D eigenvalue weighted by molar-refractivity contribution is 8.00. The molecular formula is C14H23N3O3S. The zero-order valence-electron chi connectivity index (χ0n) is 12.4. The largest absolute Gasteiger partial charge is 0.480 e. The van der Waals surface area contributed by atoms with Gasteiger partial charge in [-0.25, -0.2) is 9.59 Å². The van der Waals surface area contributed by atoms with Gasteiger partial charge in [-0.15, -0.1) is 11.8 Å². The Morgan fingerprint density at radius 3 is 2.38 bits per heavy atom. The van der Waals surface area contributed by atoms with Crippen molar-refractivity contribution in [2.24, 2.45) is 5.92 Å². The van der Waals surface area contributed by atoms with E-state index in [0.717, 1.165) is 32.5 Å². The molecule has 0 aromatic carbocycles. The van der Waals surface area contributed by atoms with Crippen LogP contribution in [0, 0.1) is 5.92 Å². The van der Waals surface area contributed by atoms with Crippen LogP contribution in [0.1, 0.15) is 19.8 Å². The van der Waals surface area contributed by atoms with Crippen molar-refractivity contribution in [1.82, 2.24) is 14.7 Å². The highest BCUT2D eigenvalue weighted by Crippen LogP contribution is 2.45. The number of hydrogen-bond acceptors (Lipinski definition) is 4. The fourth-order valence-electron chi connectivity index (χ4n) is 3.12. The van der Waals surface area contributed by atoms with E-state index >= 15 is 0 Å². The van der Waals surface area contributed by atoms with Crippen LogP contribution in [0.2, 0.25) is 0 Å². The zero-order chi connectivity index (χ0) is 15.0. The lowest BCUT2D eigenvalue weighted by atomic mass is 10.2. The van der Waals surface area contributed by atoms with Gasteiger partial charge in [0, 0.05) is 31.9 Å². The monoisotopic (exact) mass is 313 g/mol. The van der Waals surface area contributed by atoms with E-state index in [1.165, 1.54) is 0 Å². The first-order valence-electron chi connectivity index (χ1n) is 7.75. The molecule has 2 saturated heterocycles. The van der Waals surface area contributed by atoms with Crippen molar-refractivity contribution in [1.29, 1.82) is 0 Å². The average Bonchev–Trinajstić information content (AvgIpc) is 3.24. The molecule has 2 atom stereocenters. The molecule has 0 bridgehead atoms. The Morgan fingerprint density at radius 2 is 1.86 bits per heavy atom. The van der Waals surface area contributed by atoms with E-state index in [1.54, 1.807) is 16.7 Å². The molecule has 21 heavy (non-hydrogen) atoms. The van der Waals surface area contributed by atoms with Gasteiger partial charge < -0.3 is 14.9 Å². The topological polar surface area (TPSA) is 64.1 Å². The van der Waals surface area contributed by atoms with Crippen molar-refractivity contribution in [3.8, 4) is 0 Å². The van der Waals surface area contributed by atoms with Crippen LogP contribution in [-0.4, -0.2) is 81.7 Å². The first kappa shape index (κ1) is 15.0. The molecule has 7 heteroatoms. The van der Waals surface area contributed by atoms with Crippen LogP contribution >= 0.6 is 11.8 Å². The second kappa shape index (κ2) is 6.04. The molecule has 0 aromatic heterocycles. The molecular weight excluding hydrogens is 290 g/mol. The summed E-state index contributed by atoms with van der Waals surface area (Å²) in [5.74, 6) is 0.156. The maximum atomic E-state index is 12.8. The number of hydrogen-bond donors (Lipinski definition) is 1. The van der Waals surface area contributed by atoms with Crippen molar-refractivity contribution in [3.63, 3.8) is 0 Å². The second-order valence-electron chi connectivity index (χ2n) is 6.03. The Morgan fingerprint density at radius 1 is 1.19 bits per heavy atom. The van der Waals surface area contributed by atoms with Gasteiger partial charge >= 0.3 is 12.0 Å². The number of carboxylic acid groups (broad SMARTS) is 1. The number of aliphatic carboxylic acids is 1. The van der Waals surface area contributed by atoms with E-state index in [2.05, 4.69) is 11.8 Å². The van der Waals surface area contributed by atoms with E-state index in [-0.39, 0.29) is 11.4 Å². The number of likely N-dealkylation sites (N-methyl/N-ethyl adjacent to an activating group) is 1. The van der Waals surface area contributed by atoms with Gasteiger partial charge in [0.25, 0.3) is 0 Å². The zero-order valence-corrected chi connectivity index (χ0v) is 13.2. The van der Waals surface area contributed by atoms with Crippen molar-refractivity contribution >= 4 is 23.8 Å². The van der Waals surface area contributed by atoms with Crippen LogP contribution in [0.15, 0.2) is 0 Å². The molecule has 1 saturated carbocycles. The van der Waals surface area contributed by atoms with E-state index in [0.29, 0.717) is 24.8 Å². The van der Waals surface area contributed by atoms with Crippen LogP contribution in [0.3, 0.4) is 0 Å². The normalized spacial score (nSPS) is 30.7. The summed E-state index contributed by atoms with van der Waals surface area (Å²) < 4.78 is 0. The predicted molar refractivity (Wildman–Crippen MR) is 81.3 cm³/mol. The molecule has 2 unspecified atom stereocenters. The summed E-state index contributed by atoms with van der Waals surface area (Å²) in [6, 6.07) is -0.725. The number of piperazine rings is 1. The van der Waals surface area contributed by atoms with E-state index in [4.69, 9.17) is 0 Å². The molecule has 0 spiro atoms. The lowest BCUT2D eigenvalue weighted by Crippen LogP contribution is -2.56. The Hall–Kier alpha value is -0.950. The van der Waals surface area contributed by atoms with Gasteiger partial charge in [-0.3, -0.25) is 4.90 Å². The molecule has 1 N–H and O–H groups in total. The summed E-state index contributed by atoms with van der Waals surface area (Å²) in [5.41, 5.74) is 0. The van der Waals surface area contributed by atoms with Gasteiger partial charge in [0.05, 0.1) is 5.37 Å². The van der Waals surface area contributed by atoms with Crippen molar-refractivity contribution in [2.75, 3.05) is 38.5 Å². The molecule has 2 aliphatic heterocycles. The Kier molecular flexibility index (Phi) is 4.31. The highest BCUT2D eigenvalue weighted by Gasteiger charge is 2.49. The van der Waals surface area contributed by atoms with Crippen molar-refractivity contribution in [3.05, 3.63) is 0 Å². The summed E-state index contributed by atoms with van der Waals surface area (Å²) in [4.78, 5) is 30.1. The Bertz CT molecular complexity index is 422. The van der Waals surface area contributed by atoms with Gasteiger partial charge in [0.1, 0.15) is 6.04 Å². The third-order valence-corrected chi connectivity index (χ3v) is 6.12. The number of urea groups is 1. The van der Waals surface area contributed by atoms with Crippen molar-refractivity contribution < 1.29 is 14.7 Å².